The maximum absolute atomic E-state index is 13.5. The molecule has 9 nitrogen and oxygen atoms in total. The van der Waals surface area contributed by atoms with Crippen molar-refractivity contribution in [3.8, 4) is 17.2 Å². The van der Waals surface area contributed by atoms with E-state index in [0.29, 0.717) is 17.9 Å². The number of nitrogens with zero attached hydrogens (tertiary/aromatic N) is 6. The van der Waals surface area contributed by atoms with Gasteiger partial charge in [-0.1, -0.05) is 30.3 Å². The quantitative estimate of drug-likeness (QED) is 0.369. The highest BCUT2D eigenvalue weighted by Crippen LogP contribution is 2.29. The van der Waals surface area contributed by atoms with Crippen LogP contribution in [0.5, 0.6) is 0 Å². The van der Waals surface area contributed by atoms with E-state index in [9.17, 15) is 4.79 Å². The molecule has 1 aliphatic carbocycles. The van der Waals surface area contributed by atoms with Crippen molar-refractivity contribution in [2.45, 2.75) is 44.3 Å². The fraction of sp³-hybridized carbons (Fsp3) is 0.276. The molecule has 1 aromatic carbocycles. The summed E-state index contributed by atoms with van der Waals surface area (Å²) in [7, 11) is 1.88. The zero-order valence-electron chi connectivity index (χ0n) is 21.3. The molecule has 4 aromatic rings. The molecule has 2 N–H and O–H groups in total. The average molecular weight is 507 g/mol. The van der Waals surface area contributed by atoms with Crippen molar-refractivity contribution in [3.63, 3.8) is 0 Å². The molecule has 38 heavy (non-hydrogen) atoms. The van der Waals surface area contributed by atoms with Gasteiger partial charge in [0.25, 0.3) is 0 Å². The molecule has 0 saturated heterocycles. The minimum Gasteiger partial charge on any atom is -0.367 e. The van der Waals surface area contributed by atoms with Crippen LogP contribution in [0.15, 0.2) is 79.4 Å². The predicted octanol–water partition coefficient (Wildman–Crippen LogP) is 4.89. The molecule has 1 fully saturated rings. The third-order valence-electron chi connectivity index (χ3n) is 6.84. The van der Waals surface area contributed by atoms with E-state index in [-0.39, 0.29) is 18.1 Å². The summed E-state index contributed by atoms with van der Waals surface area (Å²) in [5, 5.41) is 19.8. The third kappa shape index (κ3) is 5.98. The highest BCUT2D eigenvalue weighted by Gasteiger charge is 2.31. The fourth-order valence-corrected chi connectivity index (χ4v) is 4.82. The van der Waals surface area contributed by atoms with Crippen LogP contribution in [0.3, 0.4) is 0 Å². The van der Waals surface area contributed by atoms with Crippen LogP contribution in [0.2, 0.25) is 0 Å². The number of hydrogen-bond donors (Lipinski definition) is 2. The van der Waals surface area contributed by atoms with E-state index in [1.54, 1.807) is 29.3 Å². The Labute approximate surface area is 222 Å². The lowest BCUT2D eigenvalue weighted by atomic mass is 9.90. The van der Waals surface area contributed by atoms with Crippen molar-refractivity contribution in [1.82, 2.24) is 25.1 Å². The summed E-state index contributed by atoms with van der Waals surface area (Å²) < 4.78 is 1.76. The summed E-state index contributed by atoms with van der Waals surface area (Å²) in [5.74, 6) is 1.39. The largest absolute Gasteiger partial charge is 0.367 e. The molecule has 192 valence electrons. The first kappa shape index (κ1) is 25.0. The Morgan fingerprint density at radius 2 is 1.82 bits per heavy atom. The average Bonchev–Trinajstić information content (AvgIpc) is 3.40. The number of anilines is 2. The Bertz CT molecular complexity index is 1390. The molecule has 1 saturated carbocycles. The van der Waals surface area contributed by atoms with Crippen molar-refractivity contribution in [1.29, 1.82) is 5.26 Å². The number of aromatic nitrogens is 4. The minimum absolute atomic E-state index is 0.0227. The maximum atomic E-state index is 13.5. The third-order valence-corrected chi connectivity index (χ3v) is 6.84. The number of carbonyl (C=O) groups excluding carboxylic acids is 1. The molecule has 0 spiro atoms. The SMILES string of the molecule is Cn1cc(-c2ccc(N(C(=O)NCc3ccccc3)C3CCC(Nc4ccc(C#N)cn4)CC3)nc2)cn1. The van der Waals surface area contributed by atoms with Gasteiger partial charge in [0, 0.05) is 55.4 Å². The van der Waals surface area contributed by atoms with Crippen molar-refractivity contribution < 1.29 is 4.79 Å². The monoisotopic (exact) mass is 506 g/mol. The van der Waals surface area contributed by atoms with Crippen LogP contribution in [0.1, 0.15) is 36.8 Å². The second kappa shape index (κ2) is 11.6. The van der Waals surface area contributed by atoms with Gasteiger partial charge in [-0.15, -0.1) is 0 Å². The van der Waals surface area contributed by atoms with Gasteiger partial charge >= 0.3 is 6.03 Å². The Morgan fingerprint density at radius 3 is 2.45 bits per heavy atom. The topological polar surface area (TPSA) is 112 Å². The number of hydrogen-bond acceptors (Lipinski definition) is 6. The van der Waals surface area contributed by atoms with E-state index in [1.165, 1.54) is 0 Å². The fourth-order valence-electron chi connectivity index (χ4n) is 4.82. The molecule has 3 heterocycles. The standard InChI is InChI=1S/C29H30N8O/c1-36-20-24(19-34-36)23-8-14-28(32-18-23)37(29(38)33-16-21-5-3-2-4-6-21)26-11-9-25(10-12-26)35-27-13-7-22(15-30)17-31-27/h2-8,13-14,17-20,25-26H,9-12,16H2,1H3,(H,31,35)(H,33,38). The molecule has 1 aliphatic rings. The van der Waals surface area contributed by atoms with Crippen LogP contribution < -0.4 is 15.5 Å². The minimum atomic E-state index is -0.152. The van der Waals surface area contributed by atoms with Gasteiger partial charge in [0.05, 0.1) is 11.8 Å². The van der Waals surface area contributed by atoms with Crippen molar-refractivity contribution in [2.75, 3.05) is 10.2 Å². The summed E-state index contributed by atoms with van der Waals surface area (Å²) in [5.41, 5.74) is 3.52. The molecular weight excluding hydrogens is 476 g/mol. The van der Waals surface area contributed by atoms with E-state index in [0.717, 1.165) is 48.2 Å². The highest BCUT2D eigenvalue weighted by molar-refractivity contribution is 5.91. The molecular formula is C29H30N8O. The molecule has 2 amide bonds. The molecule has 0 bridgehead atoms. The van der Waals surface area contributed by atoms with Crippen LogP contribution in [0.25, 0.3) is 11.1 Å². The number of carbonyl (C=O) groups is 1. The summed E-state index contributed by atoms with van der Waals surface area (Å²) in [4.78, 5) is 24.4. The van der Waals surface area contributed by atoms with Gasteiger partial charge in [-0.25, -0.2) is 14.8 Å². The molecule has 0 radical (unpaired) electrons. The summed E-state index contributed by atoms with van der Waals surface area (Å²) in [6.07, 6.45) is 10.6. The molecule has 5 rings (SSSR count). The smallest absolute Gasteiger partial charge is 0.323 e. The normalized spacial score (nSPS) is 16.8. The number of pyridine rings is 2. The van der Waals surface area contributed by atoms with Gasteiger partial charge in [-0.3, -0.25) is 9.58 Å². The maximum Gasteiger partial charge on any atom is 0.323 e. The van der Waals surface area contributed by atoms with Gasteiger partial charge < -0.3 is 10.6 Å². The lowest BCUT2D eigenvalue weighted by Gasteiger charge is -2.36. The Kier molecular flexibility index (Phi) is 7.59. The van der Waals surface area contributed by atoms with E-state index >= 15 is 0 Å². The summed E-state index contributed by atoms with van der Waals surface area (Å²) in [6, 6.07) is 19.6. The molecule has 3 aromatic heterocycles. The number of nitrogens with one attached hydrogen (secondary N) is 2. The molecule has 0 aliphatic heterocycles. The second-order valence-corrected chi connectivity index (χ2v) is 9.52. The lowest BCUT2D eigenvalue weighted by molar-refractivity contribution is 0.240. The first-order valence-electron chi connectivity index (χ1n) is 12.8. The van der Waals surface area contributed by atoms with Crippen LogP contribution in [0.4, 0.5) is 16.4 Å². The zero-order valence-corrected chi connectivity index (χ0v) is 21.3. The number of urea groups is 1. The van der Waals surface area contributed by atoms with E-state index in [2.05, 4.69) is 26.8 Å². The number of benzene rings is 1. The van der Waals surface area contributed by atoms with Gasteiger partial charge in [0.15, 0.2) is 0 Å². The van der Waals surface area contributed by atoms with Crippen LogP contribution in [0, 0.1) is 11.3 Å². The number of amides is 2. The first-order valence-corrected chi connectivity index (χ1v) is 12.8. The summed E-state index contributed by atoms with van der Waals surface area (Å²) >= 11 is 0. The predicted molar refractivity (Wildman–Crippen MR) is 146 cm³/mol. The van der Waals surface area contributed by atoms with E-state index < -0.39 is 0 Å². The highest BCUT2D eigenvalue weighted by atomic mass is 16.2. The van der Waals surface area contributed by atoms with E-state index in [1.807, 2.05) is 66.7 Å². The molecule has 9 heteroatoms. The second-order valence-electron chi connectivity index (χ2n) is 9.52. The zero-order chi connectivity index (χ0) is 26.3. The lowest BCUT2D eigenvalue weighted by Crippen LogP contribution is -2.49. The van der Waals surface area contributed by atoms with Gasteiger partial charge in [-0.05, 0) is 55.5 Å². The van der Waals surface area contributed by atoms with Crippen molar-refractivity contribution >= 4 is 17.7 Å². The molecule has 0 unspecified atom stereocenters. The van der Waals surface area contributed by atoms with Gasteiger partial charge in [0.1, 0.15) is 17.7 Å². The first-order chi connectivity index (χ1) is 18.6. The van der Waals surface area contributed by atoms with Crippen LogP contribution >= 0.6 is 0 Å². The Morgan fingerprint density at radius 1 is 1.00 bits per heavy atom. The number of aryl methyl sites for hydroxylation is 1. The summed E-state index contributed by atoms with van der Waals surface area (Å²) in [6.45, 7) is 0.450. The van der Waals surface area contributed by atoms with Crippen LogP contribution in [-0.2, 0) is 13.6 Å². The number of nitriles is 1. The van der Waals surface area contributed by atoms with Crippen molar-refractivity contribution in [3.05, 3.63) is 90.5 Å². The van der Waals surface area contributed by atoms with Gasteiger partial charge in [-0.2, -0.15) is 10.4 Å². The Hall–Kier alpha value is -4.71. The van der Waals surface area contributed by atoms with Gasteiger partial charge in [0.2, 0.25) is 0 Å². The van der Waals surface area contributed by atoms with E-state index in [4.69, 9.17) is 10.2 Å². The van der Waals surface area contributed by atoms with Crippen LogP contribution in [-0.4, -0.2) is 37.9 Å². The van der Waals surface area contributed by atoms with Crippen molar-refractivity contribution in [2.24, 2.45) is 7.05 Å². The Balaban J connectivity index is 1.29. The molecule has 0 atom stereocenters. The number of rotatable bonds is 7.